The zero-order chi connectivity index (χ0) is 19.5. The van der Waals surface area contributed by atoms with Crippen molar-refractivity contribution >= 4 is 33.2 Å². The van der Waals surface area contributed by atoms with E-state index in [-0.39, 0.29) is 23.6 Å². The van der Waals surface area contributed by atoms with Crippen molar-refractivity contribution in [1.29, 1.82) is 0 Å². The first-order valence-electron chi connectivity index (χ1n) is 8.05. The van der Waals surface area contributed by atoms with E-state index in [1.165, 1.54) is 6.07 Å². The Morgan fingerprint density at radius 1 is 1.23 bits per heavy atom. The lowest BCUT2D eigenvalue weighted by Crippen LogP contribution is -2.22. The Morgan fingerprint density at radius 3 is 2.54 bits per heavy atom. The molecule has 0 bridgehead atoms. The zero-order valence-electron chi connectivity index (χ0n) is 15.1. The second-order valence-corrected chi connectivity index (χ2v) is 7.90. The fraction of sp³-hybridized carbons (Fsp3) is 0.316. The first-order chi connectivity index (χ1) is 12.1. The molecule has 0 aliphatic heterocycles. The van der Waals surface area contributed by atoms with Crippen molar-refractivity contribution < 1.29 is 14.5 Å². The quantitative estimate of drug-likeness (QED) is 0.545. The SMILES string of the molecule is Cc1ccc(NC(=O)COc2ccc(Br)cc2C(C)(C)C)cc1[N+](=O)[O-]. The third-order valence-electron chi connectivity index (χ3n) is 3.80. The van der Waals surface area contributed by atoms with E-state index in [1.807, 2.05) is 18.2 Å². The predicted molar refractivity (Wildman–Crippen MR) is 105 cm³/mol. The molecule has 26 heavy (non-hydrogen) atoms. The third kappa shape index (κ3) is 5.05. The number of anilines is 1. The number of nitro groups is 1. The molecule has 7 heteroatoms. The fourth-order valence-electron chi connectivity index (χ4n) is 2.44. The number of hydrogen-bond donors (Lipinski definition) is 1. The lowest BCUT2D eigenvalue weighted by atomic mass is 9.86. The molecule has 1 amide bonds. The average molecular weight is 421 g/mol. The molecule has 6 nitrogen and oxygen atoms in total. The maximum Gasteiger partial charge on any atom is 0.274 e. The number of carbonyl (C=O) groups excluding carboxylic acids is 1. The van der Waals surface area contributed by atoms with E-state index in [2.05, 4.69) is 42.0 Å². The number of aryl methyl sites for hydroxylation is 1. The largest absolute Gasteiger partial charge is 0.483 e. The van der Waals surface area contributed by atoms with Crippen LogP contribution in [0.1, 0.15) is 31.9 Å². The van der Waals surface area contributed by atoms with E-state index in [1.54, 1.807) is 19.1 Å². The van der Waals surface area contributed by atoms with Crippen LogP contribution in [0.3, 0.4) is 0 Å². The van der Waals surface area contributed by atoms with Gasteiger partial charge in [0.25, 0.3) is 11.6 Å². The van der Waals surface area contributed by atoms with Crippen molar-refractivity contribution in [1.82, 2.24) is 0 Å². The second-order valence-electron chi connectivity index (χ2n) is 6.99. The number of hydrogen-bond acceptors (Lipinski definition) is 4. The number of nitro benzene ring substituents is 1. The minimum atomic E-state index is -0.473. The number of nitrogens with one attached hydrogen (secondary N) is 1. The summed E-state index contributed by atoms with van der Waals surface area (Å²) in [6.07, 6.45) is 0. The number of benzene rings is 2. The lowest BCUT2D eigenvalue weighted by molar-refractivity contribution is -0.385. The van der Waals surface area contributed by atoms with Crippen LogP contribution in [0.4, 0.5) is 11.4 Å². The first kappa shape index (κ1) is 19.9. The number of carbonyl (C=O) groups is 1. The Bertz CT molecular complexity index is 844. The van der Waals surface area contributed by atoms with E-state index in [0.29, 0.717) is 17.0 Å². The van der Waals surface area contributed by atoms with Gasteiger partial charge in [0.1, 0.15) is 5.75 Å². The van der Waals surface area contributed by atoms with Gasteiger partial charge in [-0.15, -0.1) is 0 Å². The zero-order valence-corrected chi connectivity index (χ0v) is 16.7. The van der Waals surface area contributed by atoms with Crippen LogP contribution in [-0.4, -0.2) is 17.4 Å². The fourth-order valence-corrected chi connectivity index (χ4v) is 2.80. The molecule has 138 valence electrons. The van der Waals surface area contributed by atoms with Gasteiger partial charge in [-0.25, -0.2) is 0 Å². The summed E-state index contributed by atoms with van der Waals surface area (Å²) < 4.78 is 6.62. The minimum absolute atomic E-state index is 0.0355. The van der Waals surface area contributed by atoms with Gasteiger partial charge in [-0.3, -0.25) is 14.9 Å². The van der Waals surface area contributed by atoms with Crippen molar-refractivity contribution in [2.45, 2.75) is 33.1 Å². The molecule has 2 aromatic rings. The monoisotopic (exact) mass is 420 g/mol. The van der Waals surface area contributed by atoms with Gasteiger partial charge in [-0.2, -0.15) is 0 Å². The van der Waals surface area contributed by atoms with E-state index in [9.17, 15) is 14.9 Å². The van der Waals surface area contributed by atoms with Crippen molar-refractivity contribution in [2.75, 3.05) is 11.9 Å². The van der Waals surface area contributed by atoms with Crippen LogP contribution in [0, 0.1) is 17.0 Å². The molecule has 0 aliphatic carbocycles. The molecule has 0 fully saturated rings. The van der Waals surface area contributed by atoms with Crippen LogP contribution >= 0.6 is 15.9 Å². The smallest absolute Gasteiger partial charge is 0.274 e. The highest BCUT2D eigenvalue weighted by Gasteiger charge is 2.20. The van der Waals surface area contributed by atoms with Gasteiger partial charge in [0.15, 0.2) is 6.61 Å². The third-order valence-corrected chi connectivity index (χ3v) is 4.29. The minimum Gasteiger partial charge on any atom is -0.483 e. The maximum absolute atomic E-state index is 12.2. The lowest BCUT2D eigenvalue weighted by Gasteiger charge is -2.23. The molecule has 0 saturated heterocycles. The molecule has 1 N–H and O–H groups in total. The Balaban J connectivity index is 2.09. The number of ether oxygens (including phenoxy) is 1. The molecule has 0 atom stereocenters. The molecule has 2 rings (SSSR count). The summed E-state index contributed by atoms with van der Waals surface area (Å²) in [5.41, 5.74) is 1.70. The highest BCUT2D eigenvalue weighted by molar-refractivity contribution is 9.10. The van der Waals surface area contributed by atoms with E-state index in [4.69, 9.17) is 4.74 Å². The van der Waals surface area contributed by atoms with Gasteiger partial charge in [-0.05, 0) is 36.6 Å². The van der Waals surface area contributed by atoms with Crippen LogP contribution in [-0.2, 0) is 10.2 Å². The van der Waals surface area contributed by atoms with Gasteiger partial charge in [0.2, 0.25) is 0 Å². The normalized spacial score (nSPS) is 11.1. The van der Waals surface area contributed by atoms with Crippen LogP contribution in [0.5, 0.6) is 5.75 Å². The summed E-state index contributed by atoms with van der Waals surface area (Å²) in [7, 11) is 0. The summed E-state index contributed by atoms with van der Waals surface area (Å²) in [4.78, 5) is 22.7. The second kappa shape index (κ2) is 7.86. The van der Waals surface area contributed by atoms with Crippen molar-refractivity contribution in [3.05, 3.63) is 62.1 Å². The molecule has 0 radical (unpaired) electrons. The number of amides is 1. The molecular formula is C19H21BrN2O4. The number of nitrogens with zero attached hydrogens (tertiary/aromatic N) is 1. The highest BCUT2D eigenvalue weighted by Crippen LogP contribution is 2.33. The summed E-state index contributed by atoms with van der Waals surface area (Å²) >= 11 is 3.45. The Kier molecular flexibility index (Phi) is 6.02. The predicted octanol–water partition coefficient (Wildman–Crippen LogP) is 4.98. The van der Waals surface area contributed by atoms with Crippen molar-refractivity contribution in [3.63, 3.8) is 0 Å². The molecule has 0 unspecified atom stereocenters. The molecule has 0 saturated carbocycles. The first-order valence-corrected chi connectivity index (χ1v) is 8.85. The average Bonchev–Trinajstić information content (AvgIpc) is 2.54. The molecule has 0 heterocycles. The highest BCUT2D eigenvalue weighted by atomic mass is 79.9. The Hall–Kier alpha value is -2.41. The number of halogens is 1. The van der Waals surface area contributed by atoms with Crippen molar-refractivity contribution in [2.24, 2.45) is 0 Å². The number of rotatable bonds is 5. The van der Waals surface area contributed by atoms with Gasteiger partial charge >= 0.3 is 0 Å². The molecular weight excluding hydrogens is 400 g/mol. The van der Waals surface area contributed by atoms with E-state index >= 15 is 0 Å². The van der Waals surface area contributed by atoms with Crippen molar-refractivity contribution in [3.8, 4) is 5.75 Å². The summed E-state index contributed by atoms with van der Waals surface area (Å²) in [5, 5.41) is 13.6. The molecule has 2 aromatic carbocycles. The standard InChI is InChI=1S/C19H21BrN2O4/c1-12-5-7-14(10-16(12)22(24)25)21-18(23)11-26-17-8-6-13(20)9-15(17)19(2,3)4/h5-10H,11H2,1-4H3,(H,21,23). The van der Waals surface area contributed by atoms with E-state index < -0.39 is 4.92 Å². The molecule has 0 aromatic heterocycles. The maximum atomic E-state index is 12.2. The van der Waals surface area contributed by atoms with Crippen LogP contribution < -0.4 is 10.1 Å². The van der Waals surface area contributed by atoms with Crippen LogP contribution in [0.2, 0.25) is 0 Å². The molecule has 0 spiro atoms. The van der Waals surface area contributed by atoms with Gasteiger partial charge in [0.05, 0.1) is 4.92 Å². The summed E-state index contributed by atoms with van der Waals surface area (Å²) in [6.45, 7) is 7.65. The van der Waals surface area contributed by atoms with E-state index in [0.717, 1.165) is 10.0 Å². The van der Waals surface area contributed by atoms with Crippen LogP contribution in [0.15, 0.2) is 40.9 Å². The van der Waals surface area contributed by atoms with Crippen LogP contribution in [0.25, 0.3) is 0 Å². The van der Waals surface area contributed by atoms with Gasteiger partial charge in [-0.1, -0.05) is 42.8 Å². The Labute approximate surface area is 160 Å². The topological polar surface area (TPSA) is 81.5 Å². The summed E-state index contributed by atoms with van der Waals surface area (Å²) in [5.74, 6) is 0.247. The summed E-state index contributed by atoms with van der Waals surface area (Å²) in [6, 6.07) is 10.2. The Morgan fingerprint density at radius 2 is 1.92 bits per heavy atom. The molecule has 0 aliphatic rings. The van der Waals surface area contributed by atoms with Gasteiger partial charge in [0, 0.05) is 27.4 Å². The van der Waals surface area contributed by atoms with Gasteiger partial charge < -0.3 is 10.1 Å².